The summed E-state index contributed by atoms with van der Waals surface area (Å²) < 4.78 is 38.6. The van der Waals surface area contributed by atoms with E-state index in [1.165, 1.54) is 0 Å². The third-order valence-corrected chi connectivity index (χ3v) is 7.00. The third kappa shape index (κ3) is 6.82. The maximum absolute atomic E-state index is 12.7. The van der Waals surface area contributed by atoms with Crippen molar-refractivity contribution in [2.45, 2.75) is 37.2 Å². The van der Waals surface area contributed by atoms with Crippen molar-refractivity contribution in [3.8, 4) is 11.5 Å². The molecule has 0 bridgehead atoms. The highest BCUT2D eigenvalue weighted by atomic mass is 32.2. The van der Waals surface area contributed by atoms with E-state index in [9.17, 15) is 13.2 Å². The summed E-state index contributed by atoms with van der Waals surface area (Å²) in [5.41, 5.74) is 2.68. The molecule has 0 saturated carbocycles. The predicted octanol–water partition coefficient (Wildman–Crippen LogP) is 3.99. The molecule has 180 valence electrons. The molecule has 8 heteroatoms. The summed E-state index contributed by atoms with van der Waals surface area (Å²) >= 11 is 0. The fourth-order valence-corrected chi connectivity index (χ4v) is 4.72. The topological polar surface area (TPSA) is 93.7 Å². The first-order valence-corrected chi connectivity index (χ1v) is 12.4. The van der Waals surface area contributed by atoms with Gasteiger partial charge in [0.05, 0.1) is 19.1 Å². The van der Waals surface area contributed by atoms with Gasteiger partial charge in [-0.15, -0.1) is 0 Å². The van der Waals surface area contributed by atoms with Crippen molar-refractivity contribution >= 4 is 15.9 Å². The van der Waals surface area contributed by atoms with E-state index < -0.39 is 10.0 Å². The van der Waals surface area contributed by atoms with Crippen molar-refractivity contribution in [3.05, 3.63) is 89.5 Å². The van der Waals surface area contributed by atoms with E-state index in [-0.39, 0.29) is 16.8 Å². The Morgan fingerprint density at radius 3 is 2.18 bits per heavy atom. The zero-order valence-electron chi connectivity index (χ0n) is 19.6. The van der Waals surface area contributed by atoms with E-state index >= 15 is 0 Å². The van der Waals surface area contributed by atoms with Gasteiger partial charge in [0.15, 0.2) is 11.5 Å². The van der Waals surface area contributed by atoms with Gasteiger partial charge >= 0.3 is 0 Å². The summed E-state index contributed by atoms with van der Waals surface area (Å²) in [5, 5.41) is 2.89. The maximum Gasteiger partial charge on any atom is 0.241 e. The molecule has 1 atom stereocenters. The van der Waals surface area contributed by atoms with Crippen LogP contribution in [0.2, 0.25) is 0 Å². The van der Waals surface area contributed by atoms with Crippen molar-refractivity contribution in [3.63, 3.8) is 0 Å². The van der Waals surface area contributed by atoms with Crippen molar-refractivity contribution < 1.29 is 22.7 Å². The van der Waals surface area contributed by atoms with Gasteiger partial charge in [-0.05, 0) is 54.3 Å². The first-order valence-electron chi connectivity index (χ1n) is 11.0. The van der Waals surface area contributed by atoms with Gasteiger partial charge in [0.2, 0.25) is 15.9 Å². The van der Waals surface area contributed by atoms with Crippen LogP contribution in [-0.2, 0) is 27.8 Å². The minimum atomic E-state index is -3.65. The number of rotatable bonds is 11. The predicted molar refractivity (Wildman–Crippen MR) is 131 cm³/mol. The Kier molecular flexibility index (Phi) is 8.67. The number of benzene rings is 3. The SMILES string of the molecule is COc1ccc(CNC(=O)CCc2ccc(S(=O)(=O)N[C@@H](C)c3ccccc3)cc2)cc1OC. The number of ether oxygens (including phenoxy) is 2. The number of amides is 1. The Bertz CT molecular complexity index is 1200. The van der Waals surface area contributed by atoms with Gasteiger partial charge in [-0.1, -0.05) is 48.5 Å². The molecule has 0 radical (unpaired) electrons. The van der Waals surface area contributed by atoms with Crippen molar-refractivity contribution in [1.82, 2.24) is 10.0 Å². The van der Waals surface area contributed by atoms with Crippen molar-refractivity contribution in [1.29, 1.82) is 0 Å². The number of carbonyl (C=O) groups excluding carboxylic acids is 1. The molecule has 0 saturated heterocycles. The molecule has 3 rings (SSSR count). The Morgan fingerprint density at radius 2 is 1.53 bits per heavy atom. The highest BCUT2D eigenvalue weighted by Crippen LogP contribution is 2.27. The third-order valence-electron chi connectivity index (χ3n) is 5.44. The Morgan fingerprint density at radius 1 is 0.882 bits per heavy atom. The lowest BCUT2D eigenvalue weighted by Crippen LogP contribution is -2.26. The largest absolute Gasteiger partial charge is 0.493 e. The molecule has 0 unspecified atom stereocenters. The van der Waals surface area contributed by atoms with Crippen LogP contribution < -0.4 is 19.5 Å². The van der Waals surface area contributed by atoms with Gasteiger partial charge in [0.25, 0.3) is 0 Å². The summed E-state index contributed by atoms with van der Waals surface area (Å²) in [6.07, 6.45) is 0.800. The molecule has 7 nitrogen and oxygen atoms in total. The monoisotopic (exact) mass is 482 g/mol. The van der Waals surface area contributed by atoms with E-state index in [0.717, 1.165) is 16.7 Å². The molecule has 0 aliphatic heterocycles. The van der Waals surface area contributed by atoms with Crippen LogP contribution in [0.4, 0.5) is 0 Å². The number of carbonyl (C=O) groups is 1. The lowest BCUT2D eigenvalue weighted by Gasteiger charge is -2.15. The number of methoxy groups -OCH3 is 2. The van der Waals surface area contributed by atoms with Crippen LogP contribution in [0.15, 0.2) is 77.7 Å². The lowest BCUT2D eigenvalue weighted by atomic mass is 10.1. The minimum Gasteiger partial charge on any atom is -0.493 e. The molecule has 3 aromatic carbocycles. The summed E-state index contributed by atoms with van der Waals surface area (Å²) in [7, 11) is -0.516. The van der Waals surface area contributed by atoms with E-state index in [4.69, 9.17) is 9.47 Å². The molecule has 3 aromatic rings. The molecular formula is C26H30N2O5S. The second-order valence-electron chi connectivity index (χ2n) is 7.86. The molecule has 34 heavy (non-hydrogen) atoms. The number of hydrogen-bond donors (Lipinski definition) is 2. The summed E-state index contributed by atoms with van der Waals surface area (Å²) in [4.78, 5) is 12.5. The molecule has 1 amide bonds. The summed E-state index contributed by atoms with van der Waals surface area (Å²) in [5.74, 6) is 1.15. The van der Waals surface area contributed by atoms with E-state index in [1.54, 1.807) is 44.6 Å². The first kappa shape index (κ1) is 25.3. The van der Waals surface area contributed by atoms with Crippen LogP contribution in [0, 0.1) is 0 Å². The molecule has 0 fully saturated rings. The van der Waals surface area contributed by atoms with Gasteiger partial charge < -0.3 is 14.8 Å². The number of sulfonamides is 1. The zero-order chi connectivity index (χ0) is 24.6. The number of aryl methyl sites for hydroxylation is 1. The fourth-order valence-electron chi connectivity index (χ4n) is 3.48. The molecule has 0 spiro atoms. The number of nitrogens with one attached hydrogen (secondary N) is 2. The highest BCUT2D eigenvalue weighted by Gasteiger charge is 2.18. The summed E-state index contributed by atoms with van der Waals surface area (Å²) in [6.45, 7) is 2.18. The Labute approximate surface area is 201 Å². The van der Waals surface area contributed by atoms with Crippen LogP contribution in [0.1, 0.15) is 36.1 Å². The van der Waals surface area contributed by atoms with Crippen molar-refractivity contribution in [2.75, 3.05) is 14.2 Å². The standard InChI is InChI=1S/C26H30N2O5S/c1-19(22-7-5-4-6-8-22)28-34(30,31)23-13-9-20(10-14-23)12-16-26(29)27-18-21-11-15-24(32-2)25(17-21)33-3/h4-11,13-15,17,19,28H,12,16,18H2,1-3H3,(H,27,29)/t19-/m0/s1. The molecule has 0 aromatic heterocycles. The first-order chi connectivity index (χ1) is 16.3. The normalized spacial score (nSPS) is 12.1. The van der Waals surface area contributed by atoms with Crippen molar-refractivity contribution in [2.24, 2.45) is 0 Å². The summed E-state index contributed by atoms with van der Waals surface area (Å²) in [6, 6.07) is 21.2. The average Bonchev–Trinajstić information content (AvgIpc) is 2.86. The van der Waals surface area contributed by atoms with Gasteiger partial charge in [0.1, 0.15) is 0 Å². The lowest BCUT2D eigenvalue weighted by molar-refractivity contribution is -0.121. The quantitative estimate of drug-likeness (QED) is 0.431. The fraction of sp³-hybridized carbons (Fsp3) is 0.269. The van der Waals surface area contributed by atoms with Crippen LogP contribution in [0.5, 0.6) is 11.5 Å². The van der Waals surface area contributed by atoms with Gasteiger partial charge in [0, 0.05) is 19.0 Å². The second kappa shape index (κ2) is 11.7. The smallest absolute Gasteiger partial charge is 0.241 e. The number of hydrogen-bond acceptors (Lipinski definition) is 5. The van der Waals surface area contributed by atoms with Gasteiger partial charge in [-0.3, -0.25) is 4.79 Å². The molecule has 0 heterocycles. The molecule has 0 aliphatic rings. The Balaban J connectivity index is 1.51. The van der Waals surface area contributed by atoms with E-state index in [0.29, 0.717) is 30.9 Å². The average molecular weight is 483 g/mol. The van der Waals surface area contributed by atoms with Gasteiger partial charge in [-0.25, -0.2) is 13.1 Å². The molecule has 0 aliphatic carbocycles. The minimum absolute atomic E-state index is 0.0927. The van der Waals surface area contributed by atoms with Crippen LogP contribution >= 0.6 is 0 Å². The van der Waals surface area contributed by atoms with E-state index in [2.05, 4.69) is 10.0 Å². The van der Waals surface area contributed by atoms with E-state index in [1.807, 2.05) is 49.4 Å². The highest BCUT2D eigenvalue weighted by molar-refractivity contribution is 7.89. The zero-order valence-corrected chi connectivity index (χ0v) is 20.4. The maximum atomic E-state index is 12.7. The molecule has 2 N–H and O–H groups in total. The van der Waals surface area contributed by atoms with Crippen LogP contribution in [0.25, 0.3) is 0 Å². The van der Waals surface area contributed by atoms with Crippen LogP contribution in [-0.4, -0.2) is 28.5 Å². The van der Waals surface area contributed by atoms with Crippen LogP contribution in [0.3, 0.4) is 0 Å². The second-order valence-corrected chi connectivity index (χ2v) is 9.58. The van der Waals surface area contributed by atoms with Gasteiger partial charge in [-0.2, -0.15) is 0 Å². The Hall–Kier alpha value is -3.36. The molecular weight excluding hydrogens is 452 g/mol.